The number of aromatic nitrogens is 5. The Kier molecular flexibility index (Phi) is 5.31. The van der Waals surface area contributed by atoms with E-state index in [-0.39, 0.29) is 18.0 Å². The molecular weight excluding hydrogens is 458 g/mol. The Labute approximate surface area is 178 Å². The quantitative estimate of drug-likeness (QED) is 0.393. The van der Waals surface area contributed by atoms with Crippen molar-refractivity contribution in [3.63, 3.8) is 0 Å². The highest BCUT2D eigenvalue weighted by Gasteiger charge is 2.35. The maximum atomic E-state index is 13.1. The van der Waals surface area contributed by atoms with Crippen LogP contribution >= 0.6 is 11.6 Å². The number of pyridine rings is 1. The maximum absolute atomic E-state index is 13.1. The summed E-state index contributed by atoms with van der Waals surface area (Å²) in [7, 11) is -2.84. The Hall–Kier alpha value is -3.19. The van der Waals surface area contributed by atoms with Gasteiger partial charge in [-0.15, -0.1) is 0 Å². The lowest BCUT2D eigenvalue weighted by Crippen LogP contribution is -2.08. The van der Waals surface area contributed by atoms with Gasteiger partial charge in [0, 0.05) is 24.2 Å². The fourth-order valence-electron chi connectivity index (χ4n) is 2.73. The smallest absolute Gasteiger partial charge is 0.400 e. The first-order valence-corrected chi connectivity index (χ1v) is 11.0. The molecule has 4 aromatic rings. The van der Waals surface area contributed by atoms with Crippen LogP contribution in [-0.2, 0) is 32.1 Å². The van der Waals surface area contributed by atoms with Gasteiger partial charge in [0.2, 0.25) is 5.82 Å². The molecule has 0 aliphatic rings. The number of oxazole rings is 1. The van der Waals surface area contributed by atoms with Gasteiger partial charge in [0.05, 0.1) is 33.3 Å². The molecule has 0 spiro atoms. The van der Waals surface area contributed by atoms with Crippen LogP contribution in [0.5, 0.6) is 0 Å². The summed E-state index contributed by atoms with van der Waals surface area (Å²) in [4.78, 5) is 24.0. The minimum absolute atomic E-state index is 0.0161. The van der Waals surface area contributed by atoms with E-state index in [0.717, 1.165) is 0 Å². The molecule has 0 saturated carbocycles. The van der Waals surface area contributed by atoms with Crippen LogP contribution in [0.1, 0.15) is 17.3 Å². The molecule has 1 atom stereocenters. The SMILES string of the molecule is CS(=O)(Cc1cocn1)=NC(=O)Cc1cn2ccc(-c3noc(C(F)(F)Cl)n3)cc2n1. The number of nitrogens with zero attached hydrogens (tertiary/aromatic N) is 6. The average Bonchev–Trinajstić information content (AvgIpc) is 3.39. The Morgan fingerprint density at radius 2 is 2.16 bits per heavy atom. The molecule has 0 aromatic carbocycles. The number of carbonyl (C=O) groups is 1. The van der Waals surface area contributed by atoms with E-state index in [9.17, 15) is 17.8 Å². The largest absolute Gasteiger partial charge is 0.451 e. The summed E-state index contributed by atoms with van der Waals surface area (Å²) in [5.41, 5.74) is 1.58. The number of carbonyl (C=O) groups excluding carboxylic acids is 1. The van der Waals surface area contributed by atoms with Crippen LogP contribution in [0, 0.1) is 0 Å². The third-order valence-electron chi connectivity index (χ3n) is 3.96. The monoisotopic (exact) mass is 470 g/mol. The van der Waals surface area contributed by atoms with Crippen molar-refractivity contribution in [1.82, 2.24) is 24.5 Å². The second-order valence-corrected chi connectivity index (χ2v) is 9.44. The van der Waals surface area contributed by atoms with E-state index in [1.165, 1.54) is 25.0 Å². The van der Waals surface area contributed by atoms with Gasteiger partial charge in [0.15, 0.2) is 6.39 Å². The van der Waals surface area contributed by atoms with Crippen molar-refractivity contribution in [2.24, 2.45) is 4.36 Å². The second-order valence-electron chi connectivity index (χ2n) is 6.58. The molecule has 14 heteroatoms. The first-order chi connectivity index (χ1) is 14.6. The van der Waals surface area contributed by atoms with Gasteiger partial charge in [-0.1, -0.05) is 5.16 Å². The first kappa shape index (κ1) is 21.1. The van der Waals surface area contributed by atoms with Crippen LogP contribution < -0.4 is 0 Å². The first-order valence-electron chi connectivity index (χ1n) is 8.58. The number of rotatable bonds is 6. The molecule has 0 bridgehead atoms. The molecule has 0 aliphatic heterocycles. The molecule has 0 aliphatic carbocycles. The molecule has 0 fully saturated rings. The maximum Gasteiger partial charge on any atom is 0.400 e. The van der Waals surface area contributed by atoms with E-state index in [1.54, 1.807) is 22.9 Å². The predicted molar refractivity (Wildman–Crippen MR) is 104 cm³/mol. The standard InChI is InChI=1S/C17H13ClF2N6O4S/c1-31(28,8-12-7-29-9-21-12)25-14(27)5-11-6-26-3-2-10(4-13(26)22-11)15-23-16(30-24-15)17(18,19)20/h2-4,6-7,9H,5,8H2,1H3. The van der Waals surface area contributed by atoms with Crippen molar-refractivity contribution in [1.29, 1.82) is 0 Å². The van der Waals surface area contributed by atoms with Gasteiger partial charge < -0.3 is 13.3 Å². The zero-order chi connectivity index (χ0) is 22.2. The summed E-state index contributed by atoms with van der Waals surface area (Å²) in [5, 5.41) is -0.287. The van der Waals surface area contributed by atoms with Gasteiger partial charge in [-0.05, 0) is 23.7 Å². The van der Waals surface area contributed by atoms with E-state index in [0.29, 0.717) is 22.6 Å². The Morgan fingerprint density at radius 3 is 2.84 bits per heavy atom. The number of fused-ring (bicyclic) bond motifs is 1. The number of hydrogen-bond acceptors (Lipinski definition) is 8. The van der Waals surface area contributed by atoms with Crippen LogP contribution in [0.4, 0.5) is 8.78 Å². The van der Waals surface area contributed by atoms with Gasteiger partial charge in [-0.25, -0.2) is 14.2 Å². The second kappa shape index (κ2) is 7.81. The van der Waals surface area contributed by atoms with Gasteiger partial charge in [-0.3, -0.25) is 4.79 Å². The molecule has 162 valence electrons. The molecule has 4 aromatic heterocycles. The minimum atomic E-state index is -3.77. The molecule has 31 heavy (non-hydrogen) atoms. The van der Waals surface area contributed by atoms with Crippen LogP contribution in [-0.4, -0.2) is 40.9 Å². The molecule has 0 saturated heterocycles. The highest BCUT2D eigenvalue weighted by Crippen LogP contribution is 2.32. The third kappa shape index (κ3) is 4.94. The number of imidazole rings is 1. The lowest BCUT2D eigenvalue weighted by molar-refractivity contribution is -0.117. The molecule has 1 unspecified atom stereocenters. The Morgan fingerprint density at radius 1 is 1.35 bits per heavy atom. The Balaban J connectivity index is 1.53. The van der Waals surface area contributed by atoms with Crippen molar-refractivity contribution in [3.8, 4) is 11.4 Å². The van der Waals surface area contributed by atoms with Gasteiger partial charge in [0.1, 0.15) is 11.9 Å². The lowest BCUT2D eigenvalue weighted by Gasteiger charge is -2.00. The summed E-state index contributed by atoms with van der Waals surface area (Å²) < 4.78 is 53.3. The normalized spacial score (nSPS) is 13.9. The van der Waals surface area contributed by atoms with Crippen molar-refractivity contribution in [2.45, 2.75) is 17.6 Å². The lowest BCUT2D eigenvalue weighted by atomic mass is 10.2. The molecule has 0 N–H and O–H groups in total. The van der Waals surface area contributed by atoms with Crippen molar-refractivity contribution < 1.29 is 26.7 Å². The van der Waals surface area contributed by atoms with E-state index in [2.05, 4.69) is 29.0 Å². The fraction of sp³-hybridized carbons (Fsp3) is 0.235. The van der Waals surface area contributed by atoms with Crippen molar-refractivity contribution in [3.05, 3.63) is 54.5 Å². The van der Waals surface area contributed by atoms with Crippen LogP contribution in [0.15, 0.2) is 50.5 Å². The van der Waals surface area contributed by atoms with Gasteiger partial charge in [0.25, 0.3) is 5.91 Å². The molecular formula is C17H13ClF2N6O4S. The molecule has 0 radical (unpaired) electrons. The summed E-state index contributed by atoms with van der Waals surface area (Å²) >= 11 is 4.88. The zero-order valence-electron chi connectivity index (χ0n) is 15.7. The number of halogens is 3. The number of hydrogen-bond donors (Lipinski definition) is 0. The van der Waals surface area contributed by atoms with Crippen LogP contribution in [0.2, 0.25) is 0 Å². The topological polar surface area (TPSA) is 129 Å². The highest BCUT2D eigenvalue weighted by atomic mass is 35.5. The van der Waals surface area contributed by atoms with Crippen molar-refractivity contribution in [2.75, 3.05) is 6.26 Å². The third-order valence-corrected chi connectivity index (χ3v) is 5.55. The van der Waals surface area contributed by atoms with E-state index < -0.39 is 26.9 Å². The minimum Gasteiger partial charge on any atom is -0.451 e. The fourth-order valence-corrected chi connectivity index (χ4v) is 4.06. The van der Waals surface area contributed by atoms with Crippen molar-refractivity contribution >= 4 is 32.9 Å². The predicted octanol–water partition coefficient (Wildman–Crippen LogP) is 3.03. The summed E-state index contributed by atoms with van der Waals surface area (Å²) in [6, 6.07) is 3.09. The Bertz CT molecular complexity index is 1370. The van der Waals surface area contributed by atoms with Crippen LogP contribution in [0.25, 0.3) is 17.0 Å². The van der Waals surface area contributed by atoms with E-state index in [1.807, 2.05) is 0 Å². The molecule has 1 amide bonds. The zero-order valence-corrected chi connectivity index (χ0v) is 17.3. The highest BCUT2D eigenvalue weighted by molar-refractivity contribution is 7.92. The molecule has 4 heterocycles. The van der Waals surface area contributed by atoms with Gasteiger partial charge >= 0.3 is 11.3 Å². The number of alkyl halides is 3. The van der Waals surface area contributed by atoms with E-state index >= 15 is 0 Å². The summed E-state index contributed by atoms with van der Waals surface area (Å²) in [6.45, 7) is 0. The van der Waals surface area contributed by atoms with Crippen LogP contribution in [0.3, 0.4) is 0 Å². The van der Waals surface area contributed by atoms with E-state index in [4.69, 9.17) is 16.0 Å². The molecule has 10 nitrogen and oxygen atoms in total. The average molecular weight is 471 g/mol. The van der Waals surface area contributed by atoms with Gasteiger partial charge in [-0.2, -0.15) is 18.1 Å². The summed E-state index contributed by atoms with van der Waals surface area (Å²) in [6.07, 6.45) is 6.91. The summed E-state index contributed by atoms with van der Waals surface area (Å²) in [5.74, 6) is -1.73. The number of amides is 1. The molecule has 4 rings (SSSR count).